The Labute approximate surface area is 197 Å². The molecule has 0 aliphatic rings. The number of hydrogen-bond acceptors (Lipinski definition) is 5. The third-order valence-electron chi connectivity index (χ3n) is 5.39. The maximum absolute atomic E-state index is 10.6. The molecule has 3 rings (SSSR count). The Balaban J connectivity index is 1.89. The van der Waals surface area contributed by atoms with Crippen LogP contribution in [-0.4, -0.2) is 51.7 Å². The highest BCUT2D eigenvalue weighted by molar-refractivity contribution is 5.65. The van der Waals surface area contributed by atoms with Gasteiger partial charge in [-0.15, -0.1) is 0 Å². The molecular formula is C27H37N3O3. The number of aromatic nitrogens is 2. The van der Waals surface area contributed by atoms with Crippen LogP contribution in [-0.2, 0) is 18.3 Å². The van der Waals surface area contributed by atoms with Crippen molar-refractivity contribution in [2.24, 2.45) is 13.0 Å². The van der Waals surface area contributed by atoms with Crippen molar-refractivity contribution in [2.75, 3.05) is 19.8 Å². The topological polar surface area (TPSA) is 59.8 Å². The zero-order chi connectivity index (χ0) is 23.8. The van der Waals surface area contributed by atoms with E-state index in [4.69, 9.17) is 14.6 Å². The van der Waals surface area contributed by atoms with Crippen LogP contribution in [0.4, 0.5) is 0 Å². The van der Waals surface area contributed by atoms with Crippen LogP contribution in [0.5, 0.6) is 11.6 Å². The minimum Gasteiger partial charge on any atom is -0.439 e. The zero-order valence-electron chi connectivity index (χ0n) is 20.4. The number of aliphatic hydroxyl groups is 1. The summed E-state index contributed by atoms with van der Waals surface area (Å²) >= 11 is 0. The van der Waals surface area contributed by atoms with Gasteiger partial charge in [-0.25, -0.2) is 4.68 Å². The molecule has 6 nitrogen and oxygen atoms in total. The summed E-state index contributed by atoms with van der Waals surface area (Å²) in [5.74, 6) is 1.91. The Morgan fingerprint density at radius 2 is 1.58 bits per heavy atom. The molecule has 0 saturated carbocycles. The average Bonchev–Trinajstić information content (AvgIpc) is 3.09. The minimum absolute atomic E-state index is 0.221. The van der Waals surface area contributed by atoms with Crippen molar-refractivity contribution in [3.8, 4) is 22.9 Å². The molecule has 0 spiro atoms. The number of nitrogens with zero attached hydrogens (tertiary/aromatic N) is 3. The van der Waals surface area contributed by atoms with Gasteiger partial charge >= 0.3 is 0 Å². The molecule has 0 amide bonds. The van der Waals surface area contributed by atoms with Gasteiger partial charge in [0.2, 0.25) is 5.88 Å². The van der Waals surface area contributed by atoms with Gasteiger partial charge in [-0.1, -0.05) is 62.4 Å². The van der Waals surface area contributed by atoms with Gasteiger partial charge < -0.3 is 14.6 Å². The van der Waals surface area contributed by atoms with Crippen molar-refractivity contribution in [2.45, 2.75) is 46.4 Å². The monoisotopic (exact) mass is 451 g/mol. The van der Waals surface area contributed by atoms with E-state index in [1.807, 2.05) is 55.6 Å². The second-order valence-electron chi connectivity index (χ2n) is 9.15. The van der Waals surface area contributed by atoms with E-state index in [2.05, 4.69) is 44.7 Å². The lowest BCUT2D eigenvalue weighted by molar-refractivity contribution is 0.00166. The highest BCUT2D eigenvalue weighted by Crippen LogP contribution is 2.34. The summed E-state index contributed by atoms with van der Waals surface area (Å²) in [6, 6.07) is 20.1. The van der Waals surface area contributed by atoms with Gasteiger partial charge in [0.1, 0.15) is 11.4 Å². The molecule has 6 heteroatoms. The molecule has 1 N–H and O–H groups in total. The zero-order valence-corrected chi connectivity index (χ0v) is 20.4. The molecular weight excluding hydrogens is 414 g/mol. The largest absolute Gasteiger partial charge is 0.439 e. The normalized spacial score (nSPS) is 12.6. The Morgan fingerprint density at radius 3 is 2.18 bits per heavy atom. The van der Waals surface area contributed by atoms with Crippen LogP contribution in [0.15, 0.2) is 60.7 Å². The summed E-state index contributed by atoms with van der Waals surface area (Å²) in [5, 5.41) is 15.5. The molecule has 0 bridgehead atoms. The van der Waals surface area contributed by atoms with Gasteiger partial charge in [-0.2, -0.15) is 5.10 Å². The van der Waals surface area contributed by atoms with Gasteiger partial charge in [-0.3, -0.25) is 4.90 Å². The molecule has 1 aromatic heterocycles. The quantitative estimate of drug-likeness (QED) is 0.414. The number of ether oxygens (including phenoxy) is 2. The number of benzene rings is 2. The van der Waals surface area contributed by atoms with Crippen molar-refractivity contribution >= 4 is 0 Å². The fourth-order valence-corrected chi connectivity index (χ4v) is 3.67. The molecule has 1 heterocycles. The fraction of sp³-hybridized carbons (Fsp3) is 0.444. The number of aryl methyl sites for hydroxylation is 1. The summed E-state index contributed by atoms with van der Waals surface area (Å²) in [6.07, 6.45) is -0.568. The molecule has 0 unspecified atom stereocenters. The summed E-state index contributed by atoms with van der Waals surface area (Å²) in [4.78, 5) is 2.24. The molecule has 2 aromatic carbocycles. The summed E-state index contributed by atoms with van der Waals surface area (Å²) in [6.45, 7) is 10.6. The first kappa shape index (κ1) is 25.0. The highest BCUT2D eigenvalue weighted by atomic mass is 16.5. The lowest BCUT2D eigenvalue weighted by Crippen LogP contribution is -2.39. The molecule has 0 aliphatic carbocycles. The Morgan fingerprint density at radius 1 is 0.939 bits per heavy atom. The molecule has 0 fully saturated rings. The van der Waals surface area contributed by atoms with Crippen LogP contribution in [0.25, 0.3) is 11.3 Å². The van der Waals surface area contributed by atoms with E-state index in [0.717, 1.165) is 22.6 Å². The van der Waals surface area contributed by atoms with E-state index in [9.17, 15) is 5.11 Å². The third-order valence-corrected chi connectivity index (χ3v) is 5.39. The predicted octanol–water partition coefficient (Wildman–Crippen LogP) is 5.12. The minimum atomic E-state index is -0.568. The Hall–Kier alpha value is -2.67. The number of para-hydroxylation sites is 1. The summed E-state index contributed by atoms with van der Waals surface area (Å²) < 4.78 is 13.8. The third kappa shape index (κ3) is 7.16. The Kier molecular flexibility index (Phi) is 9.06. The van der Waals surface area contributed by atoms with E-state index in [1.165, 1.54) is 0 Å². The van der Waals surface area contributed by atoms with E-state index in [1.54, 1.807) is 4.68 Å². The van der Waals surface area contributed by atoms with Crippen molar-refractivity contribution in [1.82, 2.24) is 14.7 Å². The summed E-state index contributed by atoms with van der Waals surface area (Å²) in [7, 11) is 1.91. The van der Waals surface area contributed by atoms with Gasteiger partial charge in [0, 0.05) is 38.3 Å². The van der Waals surface area contributed by atoms with E-state index in [-0.39, 0.29) is 6.04 Å². The fourth-order valence-electron chi connectivity index (χ4n) is 3.67. The van der Waals surface area contributed by atoms with Crippen molar-refractivity contribution in [3.63, 3.8) is 0 Å². The smallest absolute Gasteiger partial charge is 0.222 e. The summed E-state index contributed by atoms with van der Waals surface area (Å²) in [5.41, 5.74) is 2.92. The predicted molar refractivity (Wildman–Crippen MR) is 132 cm³/mol. The standard InChI is InChI=1S/C27H37N3O3/c1-20(2)18-32-19-23(31)16-30(21(3)4)17-25-26(22-12-8-6-9-13-22)28-29(5)27(25)33-24-14-10-7-11-15-24/h6-15,20-21,23,31H,16-19H2,1-5H3/t23-/m1/s1. The van der Waals surface area contributed by atoms with Gasteiger partial charge in [0.15, 0.2) is 0 Å². The number of hydrogen-bond donors (Lipinski definition) is 1. The number of rotatable bonds is 12. The first-order valence-corrected chi connectivity index (χ1v) is 11.7. The Bertz CT molecular complexity index is 971. The van der Waals surface area contributed by atoms with Crippen LogP contribution < -0.4 is 4.74 Å². The first-order chi connectivity index (χ1) is 15.8. The van der Waals surface area contributed by atoms with Crippen LogP contribution >= 0.6 is 0 Å². The van der Waals surface area contributed by atoms with Crippen LogP contribution in [0.2, 0.25) is 0 Å². The van der Waals surface area contributed by atoms with Gasteiger partial charge in [0.05, 0.1) is 18.3 Å². The molecule has 178 valence electrons. The van der Waals surface area contributed by atoms with Crippen molar-refractivity contribution in [3.05, 3.63) is 66.2 Å². The highest BCUT2D eigenvalue weighted by Gasteiger charge is 2.24. The average molecular weight is 452 g/mol. The molecule has 3 aromatic rings. The van der Waals surface area contributed by atoms with Crippen LogP contribution in [0, 0.1) is 5.92 Å². The van der Waals surface area contributed by atoms with E-state index >= 15 is 0 Å². The van der Waals surface area contributed by atoms with Gasteiger partial charge in [0.25, 0.3) is 0 Å². The molecule has 33 heavy (non-hydrogen) atoms. The van der Waals surface area contributed by atoms with Crippen LogP contribution in [0.3, 0.4) is 0 Å². The maximum Gasteiger partial charge on any atom is 0.222 e. The molecule has 0 saturated heterocycles. The van der Waals surface area contributed by atoms with E-state index < -0.39 is 6.10 Å². The molecule has 0 aliphatic heterocycles. The maximum atomic E-state index is 10.6. The molecule has 1 atom stereocenters. The molecule has 0 radical (unpaired) electrons. The second kappa shape index (κ2) is 12.0. The number of aliphatic hydroxyl groups excluding tert-OH is 1. The van der Waals surface area contributed by atoms with E-state index in [0.29, 0.717) is 38.1 Å². The van der Waals surface area contributed by atoms with Crippen LogP contribution in [0.1, 0.15) is 33.3 Å². The lowest BCUT2D eigenvalue weighted by atomic mass is 10.1. The first-order valence-electron chi connectivity index (χ1n) is 11.7. The van der Waals surface area contributed by atoms with Crippen molar-refractivity contribution < 1.29 is 14.6 Å². The lowest BCUT2D eigenvalue weighted by Gasteiger charge is -2.29. The second-order valence-corrected chi connectivity index (χ2v) is 9.15. The SMILES string of the molecule is CC(C)COC[C@H](O)CN(Cc1c(-c2ccccc2)nn(C)c1Oc1ccccc1)C(C)C. The van der Waals surface area contributed by atoms with Crippen molar-refractivity contribution in [1.29, 1.82) is 0 Å². The van der Waals surface area contributed by atoms with Gasteiger partial charge in [-0.05, 0) is 31.9 Å².